The van der Waals surface area contributed by atoms with E-state index in [1.807, 2.05) is 47.4 Å². The molecule has 0 radical (unpaired) electrons. The number of carbonyl (C=O) groups excluding carboxylic acids is 2. The monoisotopic (exact) mass is 373 g/mol. The van der Waals surface area contributed by atoms with Gasteiger partial charge in [-0.2, -0.15) is 0 Å². The van der Waals surface area contributed by atoms with Gasteiger partial charge in [-0.05, 0) is 42.5 Å². The molecule has 1 aliphatic heterocycles. The van der Waals surface area contributed by atoms with Crippen molar-refractivity contribution in [2.24, 2.45) is 0 Å². The normalized spacial score (nSPS) is 13.5. The largest absolute Gasteiger partial charge is 0.376 e. The van der Waals surface area contributed by atoms with Gasteiger partial charge in [0.2, 0.25) is 5.91 Å². The summed E-state index contributed by atoms with van der Waals surface area (Å²) >= 11 is 0. The number of benzene rings is 3. The minimum Gasteiger partial charge on any atom is -0.376 e. The molecule has 1 aliphatic rings. The molecule has 1 heterocycles. The van der Waals surface area contributed by atoms with Crippen molar-refractivity contribution in [2.45, 2.75) is 12.8 Å². The Morgan fingerprint density at radius 2 is 1.64 bits per heavy atom. The number of amides is 2. The van der Waals surface area contributed by atoms with E-state index in [-0.39, 0.29) is 18.4 Å². The number of hydrogen-bond acceptors (Lipinski definition) is 3. The van der Waals surface area contributed by atoms with Crippen LogP contribution < -0.4 is 10.6 Å². The zero-order chi connectivity index (χ0) is 19.3. The maximum absolute atomic E-state index is 12.5. The van der Waals surface area contributed by atoms with E-state index in [0.717, 1.165) is 42.4 Å². The summed E-state index contributed by atoms with van der Waals surface area (Å²) in [5, 5.41) is 8.28. The molecule has 0 saturated carbocycles. The third kappa shape index (κ3) is 3.98. The molecule has 28 heavy (non-hydrogen) atoms. The van der Waals surface area contributed by atoms with Crippen molar-refractivity contribution >= 4 is 34.0 Å². The van der Waals surface area contributed by atoms with Crippen LogP contribution in [-0.4, -0.2) is 36.3 Å². The molecule has 0 spiro atoms. The highest BCUT2D eigenvalue weighted by Gasteiger charge is 2.19. The van der Waals surface area contributed by atoms with Gasteiger partial charge in [-0.3, -0.25) is 9.59 Å². The van der Waals surface area contributed by atoms with E-state index in [0.29, 0.717) is 11.3 Å². The van der Waals surface area contributed by atoms with E-state index in [9.17, 15) is 9.59 Å². The molecule has 5 heteroatoms. The lowest BCUT2D eigenvalue weighted by molar-refractivity contribution is -0.114. The van der Waals surface area contributed by atoms with E-state index in [1.54, 1.807) is 24.3 Å². The van der Waals surface area contributed by atoms with Gasteiger partial charge in [0.15, 0.2) is 0 Å². The topological polar surface area (TPSA) is 61.4 Å². The lowest BCUT2D eigenvalue weighted by atomic mass is 10.1. The zero-order valence-electron chi connectivity index (χ0n) is 15.7. The molecule has 0 bridgehead atoms. The number of carbonyl (C=O) groups is 2. The molecule has 3 aromatic carbocycles. The minimum atomic E-state index is -0.154. The zero-order valence-corrected chi connectivity index (χ0v) is 15.7. The second kappa shape index (κ2) is 8.13. The third-order valence-electron chi connectivity index (χ3n) is 5.02. The van der Waals surface area contributed by atoms with Gasteiger partial charge in [0.05, 0.1) is 6.54 Å². The fraction of sp³-hybridized carbons (Fsp3) is 0.217. The molecule has 0 aliphatic carbocycles. The molecular weight excluding hydrogens is 350 g/mol. The molecule has 3 aromatic rings. The van der Waals surface area contributed by atoms with Gasteiger partial charge in [-0.25, -0.2) is 0 Å². The highest BCUT2D eigenvalue weighted by Crippen LogP contribution is 2.22. The number of fused-ring (bicyclic) bond motifs is 1. The Morgan fingerprint density at radius 3 is 2.50 bits per heavy atom. The summed E-state index contributed by atoms with van der Waals surface area (Å²) in [7, 11) is 0. The van der Waals surface area contributed by atoms with Crippen molar-refractivity contribution in [3.63, 3.8) is 0 Å². The van der Waals surface area contributed by atoms with Crippen LogP contribution in [0.3, 0.4) is 0 Å². The number of nitrogens with zero attached hydrogens (tertiary/aromatic N) is 1. The SMILES string of the molecule is O=C(CNc1cccc2ccccc12)Nc1cccc(C(=O)N2CCCC2)c1. The Labute approximate surface area is 164 Å². The smallest absolute Gasteiger partial charge is 0.253 e. The van der Waals surface area contributed by atoms with Gasteiger partial charge in [-0.15, -0.1) is 0 Å². The van der Waals surface area contributed by atoms with Crippen molar-refractivity contribution in [1.82, 2.24) is 4.90 Å². The molecule has 2 N–H and O–H groups in total. The van der Waals surface area contributed by atoms with Crippen molar-refractivity contribution in [2.75, 3.05) is 30.3 Å². The maximum Gasteiger partial charge on any atom is 0.253 e. The molecule has 1 saturated heterocycles. The van der Waals surface area contributed by atoms with Crippen LogP contribution in [0.1, 0.15) is 23.2 Å². The van der Waals surface area contributed by atoms with Crippen LogP contribution in [0.25, 0.3) is 10.8 Å². The number of nitrogens with one attached hydrogen (secondary N) is 2. The lowest BCUT2D eigenvalue weighted by Crippen LogP contribution is -2.27. The van der Waals surface area contributed by atoms with Gasteiger partial charge in [-0.1, -0.05) is 42.5 Å². The molecule has 4 rings (SSSR count). The molecule has 2 amide bonds. The average Bonchev–Trinajstić information content (AvgIpc) is 3.27. The van der Waals surface area contributed by atoms with Crippen molar-refractivity contribution in [1.29, 1.82) is 0 Å². The predicted octanol–water partition coefficient (Wildman–Crippen LogP) is 4.13. The van der Waals surface area contributed by atoms with Crippen LogP contribution in [0.2, 0.25) is 0 Å². The third-order valence-corrected chi connectivity index (χ3v) is 5.02. The quantitative estimate of drug-likeness (QED) is 0.707. The molecule has 0 unspecified atom stereocenters. The van der Waals surface area contributed by atoms with Gasteiger partial charge < -0.3 is 15.5 Å². The standard InChI is InChI=1S/C23H23N3O2/c27-22(16-24-21-12-6-8-17-7-1-2-11-20(17)21)25-19-10-5-9-18(15-19)23(28)26-13-3-4-14-26/h1-2,5-12,15,24H,3-4,13-14,16H2,(H,25,27). The van der Waals surface area contributed by atoms with Crippen molar-refractivity contribution in [3.05, 3.63) is 72.3 Å². The summed E-state index contributed by atoms with van der Waals surface area (Å²) < 4.78 is 0. The predicted molar refractivity (Wildman–Crippen MR) is 113 cm³/mol. The Bertz CT molecular complexity index is 1000. The van der Waals surface area contributed by atoms with Gasteiger partial charge >= 0.3 is 0 Å². The number of rotatable bonds is 5. The fourth-order valence-corrected chi connectivity index (χ4v) is 3.59. The number of anilines is 2. The summed E-state index contributed by atoms with van der Waals surface area (Å²) in [5.74, 6) is -0.124. The molecule has 0 atom stereocenters. The van der Waals surface area contributed by atoms with E-state index < -0.39 is 0 Å². The van der Waals surface area contributed by atoms with E-state index >= 15 is 0 Å². The Kier molecular flexibility index (Phi) is 5.24. The Balaban J connectivity index is 1.40. The molecule has 142 valence electrons. The van der Waals surface area contributed by atoms with Crippen molar-refractivity contribution in [3.8, 4) is 0 Å². The van der Waals surface area contributed by atoms with Crippen LogP contribution in [0.15, 0.2) is 66.7 Å². The molecule has 1 fully saturated rings. The van der Waals surface area contributed by atoms with Crippen molar-refractivity contribution < 1.29 is 9.59 Å². The average molecular weight is 373 g/mol. The first-order valence-electron chi connectivity index (χ1n) is 9.61. The van der Waals surface area contributed by atoms with Gasteiger partial charge in [0.25, 0.3) is 5.91 Å². The first kappa shape index (κ1) is 18.0. The summed E-state index contributed by atoms with van der Waals surface area (Å²) in [6.45, 7) is 1.77. The fourth-order valence-electron chi connectivity index (χ4n) is 3.59. The summed E-state index contributed by atoms with van der Waals surface area (Å²) in [6.07, 6.45) is 2.12. The van der Waals surface area contributed by atoms with Crippen LogP contribution in [0.5, 0.6) is 0 Å². The van der Waals surface area contributed by atoms with Gasteiger partial charge in [0, 0.05) is 35.4 Å². The summed E-state index contributed by atoms with van der Waals surface area (Å²) in [5.41, 5.74) is 2.17. The highest BCUT2D eigenvalue weighted by atomic mass is 16.2. The number of hydrogen-bond donors (Lipinski definition) is 2. The van der Waals surface area contributed by atoms with Crippen LogP contribution in [0.4, 0.5) is 11.4 Å². The molecule has 5 nitrogen and oxygen atoms in total. The van der Waals surface area contributed by atoms with E-state index in [1.165, 1.54) is 0 Å². The first-order valence-corrected chi connectivity index (χ1v) is 9.61. The minimum absolute atomic E-state index is 0.0301. The summed E-state index contributed by atoms with van der Waals surface area (Å²) in [4.78, 5) is 26.8. The molecule has 0 aromatic heterocycles. The second-order valence-corrected chi connectivity index (χ2v) is 7.01. The van der Waals surface area contributed by atoms with E-state index in [4.69, 9.17) is 0 Å². The summed E-state index contributed by atoms with van der Waals surface area (Å²) in [6, 6.07) is 21.2. The highest BCUT2D eigenvalue weighted by molar-refractivity contribution is 5.99. The van der Waals surface area contributed by atoms with Crippen LogP contribution >= 0.6 is 0 Å². The lowest BCUT2D eigenvalue weighted by Gasteiger charge is -2.16. The number of likely N-dealkylation sites (tertiary alicyclic amines) is 1. The van der Waals surface area contributed by atoms with E-state index in [2.05, 4.69) is 10.6 Å². The second-order valence-electron chi connectivity index (χ2n) is 7.01. The maximum atomic E-state index is 12.5. The molecular formula is C23H23N3O2. The first-order chi connectivity index (χ1) is 13.7. The van der Waals surface area contributed by atoms with Gasteiger partial charge in [0.1, 0.15) is 0 Å². The van der Waals surface area contributed by atoms with Crippen LogP contribution in [-0.2, 0) is 4.79 Å². The Morgan fingerprint density at radius 1 is 0.893 bits per heavy atom. The van der Waals surface area contributed by atoms with Crippen LogP contribution in [0, 0.1) is 0 Å². The Hall–Kier alpha value is -3.34.